The summed E-state index contributed by atoms with van der Waals surface area (Å²) in [5.41, 5.74) is 1.18. The van der Waals surface area contributed by atoms with Crippen LogP contribution in [0.15, 0.2) is 24.3 Å². The first kappa shape index (κ1) is 12.0. The van der Waals surface area contributed by atoms with Crippen molar-refractivity contribution in [2.75, 3.05) is 0 Å². The number of hydrogen-bond donors (Lipinski definition) is 0. The van der Waals surface area contributed by atoms with Crippen LogP contribution in [0.25, 0.3) is 0 Å². The van der Waals surface area contributed by atoms with E-state index in [9.17, 15) is 0 Å². The highest BCUT2D eigenvalue weighted by molar-refractivity contribution is 9.38. The van der Waals surface area contributed by atoms with E-state index in [0.29, 0.717) is 0 Å². The Morgan fingerprint density at radius 1 is 1.36 bits per heavy atom. The zero-order valence-corrected chi connectivity index (χ0v) is 11.0. The third kappa shape index (κ3) is 4.41. The number of benzene rings is 1. The largest absolute Gasteiger partial charge is 0.439 e. The molecule has 2 nitrogen and oxygen atoms in total. The lowest BCUT2D eigenvalue weighted by Gasteiger charge is -2.14. The van der Waals surface area contributed by atoms with Gasteiger partial charge < -0.3 is 9.05 Å². The van der Waals surface area contributed by atoms with Crippen LogP contribution in [-0.2, 0) is 4.52 Å². The summed E-state index contributed by atoms with van der Waals surface area (Å²) in [6.07, 6.45) is 0.172. The lowest BCUT2D eigenvalue weighted by molar-refractivity contribution is 0.254. The first-order valence-electron chi connectivity index (χ1n) is 4.45. The minimum Gasteiger partial charge on any atom is -0.439 e. The van der Waals surface area contributed by atoms with Gasteiger partial charge in [-0.15, -0.1) is 0 Å². The number of rotatable bonds is 4. The van der Waals surface area contributed by atoms with E-state index in [1.807, 2.05) is 45.0 Å². The average molecular weight is 277 g/mol. The lowest BCUT2D eigenvalue weighted by Crippen LogP contribution is -1.97. The fraction of sp³-hybridized carbons (Fsp3) is 0.400. The number of halogens is 1. The fourth-order valence-electron chi connectivity index (χ4n) is 0.942. The van der Waals surface area contributed by atoms with Crippen LogP contribution in [0, 0.1) is 6.92 Å². The Hall–Kier alpha value is -0.110. The van der Waals surface area contributed by atoms with Crippen molar-refractivity contribution in [1.29, 1.82) is 0 Å². The van der Waals surface area contributed by atoms with Crippen LogP contribution in [0.5, 0.6) is 5.75 Å². The first-order chi connectivity index (χ1) is 6.58. The van der Waals surface area contributed by atoms with E-state index in [2.05, 4.69) is 15.5 Å². The van der Waals surface area contributed by atoms with Crippen molar-refractivity contribution >= 4 is 22.6 Å². The summed E-state index contributed by atoms with van der Waals surface area (Å²) >= 11 is 3.36. The van der Waals surface area contributed by atoms with Gasteiger partial charge >= 0.3 is 7.08 Å². The second kappa shape index (κ2) is 5.69. The van der Waals surface area contributed by atoms with Crippen molar-refractivity contribution in [1.82, 2.24) is 0 Å². The molecule has 1 rings (SSSR count). The molecule has 78 valence electrons. The SMILES string of the molecule is Cc1cccc(OP(Br)OC(C)C)c1. The third-order valence-electron chi connectivity index (χ3n) is 1.46. The molecule has 4 heteroatoms. The maximum absolute atomic E-state index is 5.57. The Kier molecular flexibility index (Phi) is 4.86. The van der Waals surface area contributed by atoms with Crippen molar-refractivity contribution in [3.05, 3.63) is 29.8 Å². The van der Waals surface area contributed by atoms with Crippen LogP contribution in [0.3, 0.4) is 0 Å². The third-order valence-corrected chi connectivity index (χ3v) is 3.34. The topological polar surface area (TPSA) is 18.5 Å². The molecule has 1 atom stereocenters. The molecule has 0 fully saturated rings. The highest BCUT2D eigenvalue weighted by atomic mass is 79.9. The van der Waals surface area contributed by atoms with Gasteiger partial charge in [0, 0.05) is 15.5 Å². The van der Waals surface area contributed by atoms with Crippen LogP contribution < -0.4 is 4.52 Å². The van der Waals surface area contributed by atoms with Crippen molar-refractivity contribution in [2.24, 2.45) is 0 Å². The van der Waals surface area contributed by atoms with Crippen LogP contribution in [0.1, 0.15) is 19.4 Å². The summed E-state index contributed by atoms with van der Waals surface area (Å²) in [7, 11) is -0.996. The van der Waals surface area contributed by atoms with Crippen molar-refractivity contribution in [2.45, 2.75) is 26.9 Å². The highest BCUT2D eigenvalue weighted by Gasteiger charge is 2.09. The van der Waals surface area contributed by atoms with Crippen molar-refractivity contribution < 1.29 is 9.05 Å². The molecule has 0 saturated heterocycles. The number of aryl methyl sites for hydroxylation is 1. The van der Waals surface area contributed by atoms with Gasteiger partial charge in [-0.25, -0.2) is 0 Å². The Morgan fingerprint density at radius 3 is 2.64 bits per heavy atom. The Labute approximate surface area is 94.3 Å². The number of hydrogen-bond acceptors (Lipinski definition) is 2. The summed E-state index contributed by atoms with van der Waals surface area (Å²) < 4.78 is 11.0. The molecule has 14 heavy (non-hydrogen) atoms. The van der Waals surface area contributed by atoms with Crippen molar-refractivity contribution in [3.63, 3.8) is 0 Å². The Bertz CT molecular complexity index is 291. The predicted octanol–water partition coefficient (Wildman–Crippen LogP) is 4.42. The molecule has 0 bridgehead atoms. The van der Waals surface area contributed by atoms with Gasteiger partial charge in [-0.2, -0.15) is 0 Å². The van der Waals surface area contributed by atoms with Crippen LogP contribution in [0.4, 0.5) is 0 Å². The standard InChI is InChI=1S/C10H14BrO2P/c1-8(2)12-14(11)13-10-6-4-5-9(3)7-10/h4-8H,1-3H3. The van der Waals surface area contributed by atoms with Gasteiger partial charge in [0.05, 0.1) is 6.10 Å². The monoisotopic (exact) mass is 276 g/mol. The molecular formula is C10H14BrO2P. The maximum atomic E-state index is 5.57. The molecular weight excluding hydrogens is 263 g/mol. The molecule has 1 unspecified atom stereocenters. The van der Waals surface area contributed by atoms with Crippen molar-refractivity contribution in [3.8, 4) is 5.75 Å². The van der Waals surface area contributed by atoms with Gasteiger partial charge in [-0.1, -0.05) is 12.1 Å². The summed E-state index contributed by atoms with van der Waals surface area (Å²) in [5, 5.41) is 0. The van der Waals surface area contributed by atoms with Gasteiger partial charge in [0.15, 0.2) is 0 Å². The van der Waals surface area contributed by atoms with E-state index in [0.717, 1.165) is 5.75 Å². The Balaban J connectivity index is 2.51. The molecule has 1 aromatic carbocycles. The Morgan fingerprint density at radius 2 is 2.07 bits per heavy atom. The molecule has 0 aliphatic rings. The van der Waals surface area contributed by atoms with E-state index in [1.54, 1.807) is 0 Å². The average Bonchev–Trinajstić information content (AvgIpc) is 2.01. The molecule has 1 aromatic rings. The molecule has 0 aromatic heterocycles. The highest BCUT2D eigenvalue weighted by Crippen LogP contribution is 2.47. The zero-order valence-electron chi connectivity index (χ0n) is 8.53. The summed E-state index contributed by atoms with van der Waals surface area (Å²) in [5.74, 6) is 0.841. The molecule has 0 saturated carbocycles. The van der Waals surface area contributed by atoms with E-state index in [4.69, 9.17) is 9.05 Å². The van der Waals surface area contributed by atoms with E-state index >= 15 is 0 Å². The minimum absolute atomic E-state index is 0.172. The van der Waals surface area contributed by atoms with E-state index in [1.165, 1.54) is 5.56 Å². The smallest absolute Gasteiger partial charge is 0.307 e. The molecule has 0 radical (unpaired) electrons. The first-order valence-corrected chi connectivity index (χ1v) is 7.65. The quantitative estimate of drug-likeness (QED) is 0.758. The molecule has 0 aliphatic carbocycles. The second-order valence-corrected chi connectivity index (χ2v) is 5.83. The maximum Gasteiger partial charge on any atom is 0.307 e. The zero-order chi connectivity index (χ0) is 10.6. The summed E-state index contributed by atoms with van der Waals surface area (Å²) in [6, 6.07) is 7.91. The second-order valence-electron chi connectivity index (χ2n) is 3.27. The van der Waals surface area contributed by atoms with Gasteiger partial charge in [-0.05, 0) is 38.5 Å². The normalized spacial score (nSPS) is 12.9. The van der Waals surface area contributed by atoms with E-state index in [-0.39, 0.29) is 6.10 Å². The molecule has 0 N–H and O–H groups in total. The molecule has 0 spiro atoms. The summed E-state index contributed by atoms with van der Waals surface area (Å²) in [6.45, 7) is 6.00. The lowest BCUT2D eigenvalue weighted by atomic mass is 10.2. The summed E-state index contributed by atoms with van der Waals surface area (Å²) in [4.78, 5) is 0. The molecule has 0 amide bonds. The minimum atomic E-state index is -0.996. The van der Waals surface area contributed by atoms with Gasteiger partial charge in [0.2, 0.25) is 0 Å². The van der Waals surface area contributed by atoms with Gasteiger partial charge in [0.1, 0.15) is 5.75 Å². The van der Waals surface area contributed by atoms with Gasteiger partial charge in [-0.3, -0.25) is 0 Å². The van der Waals surface area contributed by atoms with Crippen LogP contribution >= 0.6 is 22.6 Å². The fourth-order valence-corrected chi connectivity index (χ4v) is 3.10. The van der Waals surface area contributed by atoms with Gasteiger partial charge in [0.25, 0.3) is 0 Å². The molecule has 0 heterocycles. The molecule has 0 aliphatic heterocycles. The van der Waals surface area contributed by atoms with Crippen LogP contribution in [-0.4, -0.2) is 6.10 Å². The van der Waals surface area contributed by atoms with E-state index < -0.39 is 7.08 Å². The predicted molar refractivity (Wildman–Crippen MR) is 63.9 cm³/mol. The van der Waals surface area contributed by atoms with Crippen LogP contribution in [0.2, 0.25) is 0 Å².